The molecule has 98 valence electrons. The highest BCUT2D eigenvalue weighted by molar-refractivity contribution is 5.97. The molecule has 1 fully saturated rings. The van der Waals surface area contributed by atoms with Crippen LogP contribution in [0, 0.1) is 0 Å². The number of oxime groups is 1. The van der Waals surface area contributed by atoms with Gasteiger partial charge in [-0.3, -0.25) is 0 Å². The molecule has 0 aromatic heterocycles. The van der Waals surface area contributed by atoms with Crippen LogP contribution in [0.4, 0.5) is 5.69 Å². The zero-order valence-electron chi connectivity index (χ0n) is 10.5. The SMILES string of the molecule is CN(c1cccc(/C(N)=N/O)c1)C1CCCOC1. The minimum Gasteiger partial charge on any atom is -0.409 e. The van der Waals surface area contributed by atoms with Crippen LogP contribution in [-0.2, 0) is 4.74 Å². The second-order valence-corrected chi connectivity index (χ2v) is 4.52. The fourth-order valence-corrected chi connectivity index (χ4v) is 2.18. The number of ether oxygens (including phenoxy) is 1. The lowest BCUT2D eigenvalue weighted by molar-refractivity contribution is 0.0807. The summed E-state index contributed by atoms with van der Waals surface area (Å²) >= 11 is 0. The topological polar surface area (TPSA) is 71.1 Å². The quantitative estimate of drug-likeness (QED) is 0.367. The Morgan fingerprint density at radius 2 is 2.39 bits per heavy atom. The van der Waals surface area contributed by atoms with Gasteiger partial charge in [0.15, 0.2) is 5.84 Å². The molecular formula is C13H19N3O2. The highest BCUT2D eigenvalue weighted by atomic mass is 16.5. The normalized spacial score (nSPS) is 20.7. The summed E-state index contributed by atoms with van der Waals surface area (Å²) in [5, 5.41) is 11.7. The zero-order valence-corrected chi connectivity index (χ0v) is 10.5. The summed E-state index contributed by atoms with van der Waals surface area (Å²) in [4.78, 5) is 2.19. The van der Waals surface area contributed by atoms with Gasteiger partial charge in [-0.25, -0.2) is 0 Å². The molecule has 0 bridgehead atoms. The van der Waals surface area contributed by atoms with E-state index >= 15 is 0 Å². The summed E-state index contributed by atoms with van der Waals surface area (Å²) in [6.07, 6.45) is 2.22. The van der Waals surface area contributed by atoms with Crippen LogP contribution >= 0.6 is 0 Å². The molecule has 1 unspecified atom stereocenters. The van der Waals surface area contributed by atoms with Crippen LogP contribution in [0.15, 0.2) is 29.4 Å². The molecule has 1 aliphatic rings. The van der Waals surface area contributed by atoms with Crippen molar-refractivity contribution in [2.45, 2.75) is 18.9 Å². The predicted molar refractivity (Wildman–Crippen MR) is 71.2 cm³/mol. The summed E-state index contributed by atoms with van der Waals surface area (Å²) in [5.41, 5.74) is 7.37. The first-order chi connectivity index (χ1) is 8.72. The minimum atomic E-state index is 0.130. The van der Waals surface area contributed by atoms with Crippen molar-refractivity contribution < 1.29 is 9.94 Å². The number of rotatable bonds is 3. The molecule has 5 nitrogen and oxygen atoms in total. The van der Waals surface area contributed by atoms with Crippen molar-refractivity contribution in [2.24, 2.45) is 10.9 Å². The van der Waals surface area contributed by atoms with Gasteiger partial charge < -0.3 is 20.6 Å². The number of nitrogens with two attached hydrogens (primary N) is 1. The molecule has 18 heavy (non-hydrogen) atoms. The highest BCUT2D eigenvalue weighted by Gasteiger charge is 2.19. The van der Waals surface area contributed by atoms with Crippen molar-refractivity contribution in [1.82, 2.24) is 0 Å². The molecule has 1 aromatic rings. The molecule has 2 rings (SSSR count). The Bertz CT molecular complexity index is 428. The van der Waals surface area contributed by atoms with Crippen LogP contribution in [0.3, 0.4) is 0 Å². The standard InChI is InChI=1S/C13H19N3O2/c1-16(12-6-3-7-18-9-12)11-5-2-4-10(8-11)13(14)15-17/h2,4-5,8,12,17H,3,6-7,9H2,1H3,(H2,14,15). The molecule has 1 heterocycles. The second-order valence-electron chi connectivity index (χ2n) is 4.52. The lowest BCUT2D eigenvalue weighted by Crippen LogP contribution is -2.38. The predicted octanol–water partition coefficient (Wildman–Crippen LogP) is 1.40. The second kappa shape index (κ2) is 5.73. The highest BCUT2D eigenvalue weighted by Crippen LogP contribution is 2.21. The van der Waals surface area contributed by atoms with Gasteiger partial charge in [0.1, 0.15) is 0 Å². The van der Waals surface area contributed by atoms with Crippen LogP contribution in [0.25, 0.3) is 0 Å². The van der Waals surface area contributed by atoms with Gasteiger partial charge in [-0.15, -0.1) is 0 Å². The fraction of sp³-hybridized carbons (Fsp3) is 0.462. The van der Waals surface area contributed by atoms with E-state index in [1.165, 1.54) is 0 Å². The lowest BCUT2D eigenvalue weighted by Gasteiger charge is -2.33. The number of hydrogen-bond donors (Lipinski definition) is 2. The summed E-state index contributed by atoms with van der Waals surface area (Å²) < 4.78 is 5.49. The number of hydrogen-bond acceptors (Lipinski definition) is 4. The van der Waals surface area contributed by atoms with Crippen LogP contribution in [-0.4, -0.2) is 37.3 Å². The summed E-state index contributed by atoms with van der Waals surface area (Å²) in [6.45, 7) is 1.61. The van der Waals surface area contributed by atoms with E-state index in [1.54, 1.807) is 0 Å². The van der Waals surface area contributed by atoms with E-state index in [2.05, 4.69) is 10.1 Å². The van der Waals surface area contributed by atoms with E-state index in [4.69, 9.17) is 15.7 Å². The van der Waals surface area contributed by atoms with Crippen molar-refractivity contribution in [2.75, 3.05) is 25.2 Å². The molecular weight excluding hydrogens is 230 g/mol. The average Bonchev–Trinajstić information content (AvgIpc) is 2.46. The molecule has 0 aliphatic carbocycles. The molecule has 0 spiro atoms. The fourth-order valence-electron chi connectivity index (χ4n) is 2.18. The molecule has 1 aliphatic heterocycles. The van der Waals surface area contributed by atoms with E-state index in [-0.39, 0.29) is 5.84 Å². The maximum atomic E-state index is 8.70. The van der Waals surface area contributed by atoms with E-state index in [1.807, 2.05) is 31.3 Å². The van der Waals surface area contributed by atoms with Crippen LogP contribution < -0.4 is 10.6 Å². The molecule has 5 heteroatoms. The number of nitrogens with zero attached hydrogens (tertiary/aromatic N) is 2. The van der Waals surface area contributed by atoms with E-state index < -0.39 is 0 Å². The van der Waals surface area contributed by atoms with Crippen molar-refractivity contribution >= 4 is 11.5 Å². The van der Waals surface area contributed by atoms with Crippen molar-refractivity contribution in [3.05, 3.63) is 29.8 Å². The summed E-state index contributed by atoms with van der Waals surface area (Å²) in [6, 6.07) is 8.06. The molecule has 0 amide bonds. The van der Waals surface area contributed by atoms with Gasteiger partial charge in [0, 0.05) is 24.9 Å². The molecule has 1 saturated heterocycles. The Balaban J connectivity index is 2.16. The molecule has 1 aromatic carbocycles. The van der Waals surface area contributed by atoms with Crippen molar-refractivity contribution in [3.63, 3.8) is 0 Å². The Labute approximate surface area is 107 Å². The largest absolute Gasteiger partial charge is 0.409 e. The number of amidine groups is 1. The van der Waals surface area contributed by atoms with Gasteiger partial charge in [0.2, 0.25) is 0 Å². The number of benzene rings is 1. The maximum absolute atomic E-state index is 8.70. The summed E-state index contributed by atoms with van der Waals surface area (Å²) in [7, 11) is 2.05. The van der Waals surface area contributed by atoms with E-state index in [0.29, 0.717) is 6.04 Å². The van der Waals surface area contributed by atoms with Crippen LogP contribution in [0.1, 0.15) is 18.4 Å². The maximum Gasteiger partial charge on any atom is 0.170 e. The first-order valence-corrected chi connectivity index (χ1v) is 6.11. The Morgan fingerprint density at radius 3 is 3.06 bits per heavy atom. The van der Waals surface area contributed by atoms with Gasteiger partial charge in [-0.2, -0.15) is 0 Å². The first kappa shape index (κ1) is 12.7. The molecule has 0 saturated carbocycles. The molecule has 0 radical (unpaired) electrons. The molecule has 1 atom stereocenters. The third-order valence-electron chi connectivity index (χ3n) is 3.34. The smallest absolute Gasteiger partial charge is 0.170 e. The lowest BCUT2D eigenvalue weighted by atomic mass is 10.1. The van der Waals surface area contributed by atoms with E-state index in [9.17, 15) is 0 Å². The van der Waals surface area contributed by atoms with Crippen LogP contribution in [0.5, 0.6) is 0 Å². The van der Waals surface area contributed by atoms with Gasteiger partial charge in [-0.1, -0.05) is 17.3 Å². The van der Waals surface area contributed by atoms with E-state index in [0.717, 1.165) is 37.3 Å². The zero-order chi connectivity index (χ0) is 13.0. The van der Waals surface area contributed by atoms with Crippen molar-refractivity contribution in [3.8, 4) is 0 Å². The summed E-state index contributed by atoms with van der Waals surface area (Å²) in [5.74, 6) is 0.130. The van der Waals surface area contributed by atoms with Crippen molar-refractivity contribution in [1.29, 1.82) is 0 Å². The monoisotopic (exact) mass is 249 g/mol. The Hall–Kier alpha value is -1.75. The minimum absolute atomic E-state index is 0.130. The van der Waals surface area contributed by atoms with Gasteiger partial charge in [0.25, 0.3) is 0 Å². The third-order valence-corrected chi connectivity index (χ3v) is 3.34. The third kappa shape index (κ3) is 2.73. The number of anilines is 1. The van der Waals surface area contributed by atoms with Gasteiger partial charge >= 0.3 is 0 Å². The van der Waals surface area contributed by atoms with Crippen LogP contribution in [0.2, 0.25) is 0 Å². The molecule has 3 N–H and O–H groups in total. The first-order valence-electron chi connectivity index (χ1n) is 6.11. The Kier molecular flexibility index (Phi) is 4.04. The Morgan fingerprint density at radius 1 is 1.56 bits per heavy atom. The van der Waals surface area contributed by atoms with Gasteiger partial charge in [-0.05, 0) is 25.0 Å². The average molecular weight is 249 g/mol. The number of likely N-dealkylation sites (N-methyl/N-ethyl adjacent to an activating group) is 1. The van der Waals surface area contributed by atoms with Gasteiger partial charge in [0.05, 0.1) is 12.6 Å².